The van der Waals surface area contributed by atoms with Crippen LogP contribution in [-0.2, 0) is 10.1 Å². The van der Waals surface area contributed by atoms with Crippen LogP contribution in [0.4, 0.5) is 0 Å². The first-order valence-electron chi connectivity index (χ1n) is 5.07. The van der Waals surface area contributed by atoms with Gasteiger partial charge in [-0.25, -0.2) is 0 Å². The highest BCUT2D eigenvalue weighted by molar-refractivity contribution is 7.86. The Kier molecular flexibility index (Phi) is 7.03. The molecule has 1 rings (SSSR count). The van der Waals surface area contributed by atoms with Crippen molar-refractivity contribution in [1.82, 2.24) is 10.2 Å². The van der Waals surface area contributed by atoms with Gasteiger partial charge >= 0.3 is 0 Å². The average Bonchev–Trinajstić information content (AvgIpc) is 2.21. The molecule has 0 bridgehead atoms. The minimum Gasteiger partial charge on any atom is -0.395 e. The maximum absolute atomic E-state index is 10.9. The summed E-state index contributed by atoms with van der Waals surface area (Å²) in [6.45, 7) is 5.56. The molecule has 0 aromatic carbocycles. The van der Waals surface area contributed by atoms with Gasteiger partial charge in [0.05, 0.1) is 6.61 Å². The van der Waals surface area contributed by atoms with Crippen LogP contribution in [0, 0.1) is 0 Å². The fourth-order valence-corrected chi connectivity index (χ4v) is 2.32. The second kappa shape index (κ2) is 7.13. The predicted octanol–water partition coefficient (Wildman–Crippen LogP) is -0.876. The molecule has 1 aliphatic rings. The highest BCUT2D eigenvalue weighted by atomic mass is 32.2. The van der Waals surface area contributed by atoms with E-state index in [1.165, 1.54) is 0 Å². The van der Waals surface area contributed by atoms with Gasteiger partial charge in [-0.05, 0) is 0 Å². The van der Waals surface area contributed by atoms with E-state index in [1.54, 1.807) is 4.90 Å². The standard InChI is InChI=1S/C6H14N2O4S.C2H6/c9-4-3-8-2-1-7-5-6(8)13(10,11)12;1-2/h6-7,9H,1-5H2,(H,10,11,12);1-2H3. The van der Waals surface area contributed by atoms with Crippen molar-refractivity contribution in [2.75, 3.05) is 32.8 Å². The lowest BCUT2D eigenvalue weighted by Crippen LogP contribution is -2.55. The smallest absolute Gasteiger partial charge is 0.282 e. The normalized spacial score (nSPS) is 23.1. The molecule has 0 aromatic heterocycles. The number of hydrogen-bond acceptors (Lipinski definition) is 5. The summed E-state index contributed by atoms with van der Waals surface area (Å²) in [5.74, 6) is 0. The molecule has 0 amide bonds. The first-order valence-corrected chi connectivity index (χ1v) is 6.58. The molecule has 0 aliphatic carbocycles. The van der Waals surface area contributed by atoms with Gasteiger partial charge < -0.3 is 10.4 Å². The van der Waals surface area contributed by atoms with Crippen LogP contribution >= 0.6 is 0 Å². The van der Waals surface area contributed by atoms with Gasteiger partial charge in [0.15, 0.2) is 5.37 Å². The minimum absolute atomic E-state index is 0.105. The monoisotopic (exact) mass is 240 g/mol. The van der Waals surface area contributed by atoms with Crippen molar-refractivity contribution in [3.8, 4) is 0 Å². The number of β-amino-alcohol motifs (C(OH)–C–C–N with tert-alkyl or cyclic N) is 1. The minimum atomic E-state index is -4.04. The second-order valence-corrected chi connectivity index (χ2v) is 4.51. The van der Waals surface area contributed by atoms with Gasteiger partial charge in [-0.15, -0.1) is 0 Å². The molecular weight excluding hydrogens is 220 g/mol. The highest BCUT2D eigenvalue weighted by Crippen LogP contribution is 2.07. The predicted molar refractivity (Wildman–Crippen MR) is 58.2 cm³/mol. The van der Waals surface area contributed by atoms with E-state index in [0.717, 1.165) is 0 Å². The van der Waals surface area contributed by atoms with Crippen molar-refractivity contribution in [1.29, 1.82) is 0 Å². The van der Waals surface area contributed by atoms with Crippen molar-refractivity contribution < 1.29 is 18.1 Å². The van der Waals surface area contributed by atoms with Crippen LogP contribution in [0.15, 0.2) is 0 Å². The molecule has 0 aromatic rings. The topological polar surface area (TPSA) is 89.9 Å². The lowest BCUT2D eigenvalue weighted by Gasteiger charge is -2.33. The van der Waals surface area contributed by atoms with Gasteiger partial charge in [-0.3, -0.25) is 9.45 Å². The Labute approximate surface area is 91.0 Å². The highest BCUT2D eigenvalue weighted by Gasteiger charge is 2.31. The van der Waals surface area contributed by atoms with E-state index in [2.05, 4.69) is 5.32 Å². The first kappa shape index (κ1) is 14.8. The molecule has 1 atom stereocenters. The Bertz CT molecular complexity index is 253. The Morgan fingerprint density at radius 2 is 2.07 bits per heavy atom. The summed E-state index contributed by atoms with van der Waals surface area (Å²) in [6.07, 6.45) is 0. The molecule has 92 valence electrons. The average molecular weight is 240 g/mol. The largest absolute Gasteiger partial charge is 0.395 e. The van der Waals surface area contributed by atoms with Crippen LogP contribution in [0.1, 0.15) is 13.8 Å². The molecule has 0 radical (unpaired) electrons. The zero-order chi connectivity index (χ0) is 11.9. The van der Waals surface area contributed by atoms with E-state index in [0.29, 0.717) is 13.1 Å². The van der Waals surface area contributed by atoms with E-state index < -0.39 is 15.5 Å². The quantitative estimate of drug-likeness (QED) is 0.555. The molecule has 6 nitrogen and oxygen atoms in total. The Morgan fingerprint density at radius 3 is 2.53 bits per heavy atom. The van der Waals surface area contributed by atoms with Gasteiger partial charge in [-0.1, -0.05) is 13.8 Å². The summed E-state index contributed by atoms with van der Waals surface area (Å²) in [5, 5.41) is 10.6. The second-order valence-electron chi connectivity index (χ2n) is 2.93. The third kappa shape index (κ3) is 4.89. The van der Waals surface area contributed by atoms with Crippen molar-refractivity contribution in [3.63, 3.8) is 0 Å². The molecule has 0 spiro atoms. The van der Waals surface area contributed by atoms with E-state index in [9.17, 15) is 8.42 Å². The summed E-state index contributed by atoms with van der Waals surface area (Å²) >= 11 is 0. The Balaban J connectivity index is 0.000000921. The molecule has 1 saturated heterocycles. The van der Waals surface area contributed by atoms with Crippen LogP contribution in [0.25, 0.3) is 0 Å². The number of nitrogens with zero attached hydrogens (tertiary/aromatic N) is 1. The van der Waals surface area contributed by atoms with Crippen LogP contribution < -0.4 is 5.32 Å². The van der Waals surface area contributed by atoms with Crippen molar-refractivity contribution in [3.05, 3.63) is 0 Å². The van der Waals surface area contributed by atoms with Crippen molar-refractivity contribution in [2.45, 2.75) is 19.2 Å². The third-order valence-electron chi connectivity index (χ3n) is 2.03. The fourth-order valence-electron chi connectivity index (χ4n) is 1.40. The Morgan fingerprint density at radius 1 is 1.47 bits per heavy atom. The van der Waals surface area contributed by atoms with Crippen molar-refractivity contribution >= 4 is 10.1 Å². The summed E-state index contributed by atoms with van der Waals surface area (Å²) in [5.41, 5.74) is 0. The molecule has 1 heterocycles. The van der Waals surface area contributed by atoms with Crippen LogP contribution in [0.2, 0.25) is 0 Å². The number of aliphatic hydroxyl groups excluding tert-OH is 1. The van der Waals surface area contributed by atoms with Crippen LogP contribution in [0.5, 0.6) is 0 Å². The molecule has 1 unspecified atom stereocenters. The molecular formula is C8H20N2O4S. The number of rotatable bonds is 3. The first-order chi connectivity index (χ1) is 7.05. The molecule has 1 fully saturated rings. The number of aliphatic hydroxyl groups is 1. The summed E-state index contributed by atoms with van der Waals surface area (Å²) in [6, 6.07) is 0. The number of hydrogen-bond donors (Lipinski definition) is 3. The van der Waals surface area contributed by atoms with Crippen molar-refractivity contribution in [2.24, 2.45) is 0 Å². The molecule has 1 aliphatic heterocycles. The summed E-state index contributed by atoms with van der Waals surface area (Å²) in [7, 11) is -4.04. The number of nitrogens with one attached hydrogen (secondary N) is 1. The van der Waals surface area contributed by atoms with Gasteiger partial charge in [0.25, 0.3) is 10.1 Å². The summed E-state index contributed by atoms with van der Waals surface area (Å²) in [4.78, 5) is 1.55. The fraction of sp³-hybridized carbons (Fsp3) is 1.00. The van der Waals surface area contributed by atoms with E-state index in [1.807, 2.05) is 13.8 Å². The zero-order valence-electron chi connectivity index (χ0n) is 9.18. The third-order valence-corrected chi connectivity index (χ3v) is 3.19. The number of piperazine rings is 1. The molecule has 3 N–H and O–H groups in total. The maximum atomic E-state index is 10.9. The maximum Gasteiger partial charge on any atom is 0.282 e. The van der Waals surface area contributed by atoms with Crippen LogP contribution in [0.3, 0.4) is 0 Å². The van der Waals surface area contributed by atoms with Gasteiger partial charge in [0.1, 0.15) is 0 Å². The Hall–Kier alpha value is -0.210. The van der Waals surface area contributed by atoms with Gasteiger partial charge in [0, 0.05) is 26.2 Å². The molecule has 7 heteroatoms. The van der Waals surface area contributed by atoms with Crippen LogP contribution in [-0.4, -0.2) is 61.1 Å². The molecule has 15 heavy (non-hydrogen) atoms. The molecule has 0 saturated carbocycles. The van der Waals surface area contributed by atoms with Gasteiger partial charge in [0.2, 0.25) is 0 Å². The van der Waals surface area contributed by atoms with E-state index in [4.69, 9.17) is 9.66 Å². The SMILES string of the molecule is CC.O=S(=O)(O)C1CNCCN1CCO. The van der Waals surface area contributed by atoms with Gasteiger partial charge in [-0.2, -0.15) is 8.42 Å². The lowest BCUT2D eigenvalue weighted by atomic mass is 10.3. The zero-order valence-corrected chi connectivity index (χ0v) is 10.00. The lowest BCUT2D eigenvalue weighted by molar-refractivity contribution is 0.157. The summed E-state index contributed by atoms with van der Waals surface area (Å²) < 4.78 is 30.6. The van der Waals surface area contributed by atoms with E-state index >= 15 is 0 Å². The van der Waals surface area contributed by atoms with E-state index in [-0.39, 0.29) is 19.7 Å².